The number of thioether (sulfide) groups is 1. The average Bonchev–Trinajstić information content (AvgIpc) is 3.77. The molecule has 253 valence electrons. The molecule has 1 atom stereocenters. The van der Waals surface area contributed by atoms with Gasteiger partial charge in [-0.15, -0.1) is 11.3 Å². The molecule has 6 aromatic rings. The third kappa shape index (κ3) is 5.81. The molecule has 0 saturated carbocycles. The Morgan fingerprint density at radius 2 is 1.67 bits per heavy atom. The number of hydrogen-bond donors (Lipinski definition) is 1. The molecule has 2 aliphatic carbocycles. The summed E-state index contributed by atoms with van der Waals surface area (Å²) in [5.41, 5.74) is 15.8. The molecule has 4 heteroatoms. The van der Waals surface area contributed by atoms with E-state index in [-0.39, 0.29) is 11.3 Å². The Morgan fingerprint density at radius 1 is 0.922 bits per heavy atom. The summed E-state index contributed by atoms with van der Waals surface area (Å²) in [5.74, 6) is 0.281. The number of H-pyrrole nitrogens is 1. The summed E-state index contributed by atoms with van der Waals surface area (Å²) in [6.45, 7) is 18.5. The fourth-order valence-corrected chi connectivity index (χ4v) is 10.8. The van der Waals surface area contributed by atoms with E-state index in [2.05, 4.69) is 164 Å². The molecule has 4 aromatic carbocycles. The highest BCUT2D eigenvalue weighted by molar-refractivity contribution is 8.11. The number of aromatic amines is 1. The second kappa shape index (κ2) is 13.4. The van der Waals surface area contributed by atoms with Crippen LogP contribution in [-0.2, 0) is 11.8 Å². The van der Waals surface area contributed by atoms with Gasteiger partial charge in [0, 0.05) is 25.9 Å². The summed E-state index contributed by atoms with van der Waals surface area (Å²) in [5, 5.41) is 2.61. The lowest BCUT2D eigenvalue weighted by molar-refractivity contribution is 0.430. The van der Waals surface area contributed by atoms with Crippen molar-refractivity contribution in [2.24, 2.45) is 5.92 Å². The van der Waals surface area contributed by atoms with Gasteiger partial charge in [0.2, 0.25) is 0 Å². The standard InChI is InChI=1S/C47H45BNS2/c1-8-28(2)43(48-39-24-16-20-33(30(39)4)31(5)50-40-25-13-9-17-29(40)3)42(38-27-32-18-10-12-23-37(32)47(38,6)7)35-21-15-22-36-44(35)49-45-34-19-11-14-26-41(34)51-46(36)45/h8-12,14-24,26,38,49H,5,13,25,27H2,1-4,6-7H3/b28-8-,43-42+. The van der Waals surface area contributed by atoms with Gasteiger partial charge in [-0.05, 0) is 103 Å². The van der Waals surface area contributed by atoms with Crippen LogP contribution in [0.1, 0.15) is 75.3 Å². The number of rotatable bonds is 8. The van der Waals surface area contributed by atoms with Crippen molar-refractivity contribution in [3.05, 3.63) is 159 Å². The van der Waals surface area contributed by atoms with E-state index >= 15 is 0 Å². The number of aromatic nitrogens is 1. The highest BCUT2D eigenvalue weighted by Gasteiger charge is 2.43. The van der Waals surface area contributed by atoms with Crippen molar-refractivity contribution in [1.29, 1.82) is 0 Å². The normalized spacial score (nSPS) is 17.8. The SMILES string of the molecule is C=C(SC1=C(C)C=CCC1)c1cccc([B]C(/C(C)=C\C)=C(\c2cccc3c2[nH]c2c4ccccc4sc32)C2Cc3ccccc3C2(C)C)c1C. The Labute approximate surface area is 312 Å². The van der Waals surface area contributed by atoms with Crippen molar-refractivity contribution in [2.45, 2.75) is 66.2 Å². The fourth-order valence-electron chi connectivity index (χ4n) is 8.48. The molecule has 1 radical (unpaired) electrons. The van der Waals surface area contributed by atoms with Crippen molar-refractivity contribution in [1.82, 2.24) is 4.98 Å². The molecule has 0 amide bonds. The quantitative estimate of drug-likeness (QED) is 0.124. The van der Waals surface area contributed by atoms with Gasteiger partial charge < -0.3 is 4.98 Å². The Morgan fingerprint density at radius 3 is 2.47 bits per heavy atom. The first-order valence-electron chi connectivity index (χ1n) is 18.2. The fraction of sp³-hybridized carbons (Fsp3) is 0.234. The van der Waals surface area contributed by atoms with Crippen molar-refractivity contribution in [2.75, 3.05) is 0 Å². The molecule has 0 bridgehead atoms. The highest BCUT2D eigenvalue weighted by atomic mass is 32.2. The van der Waals surface area contributed by atoms with Crippen molar-refractivity contribution in [3.8, 4) is 0 Å². The first-order valence-corrected chi connectivity index (χ1v) is 19.9. The molecule has 1 nitrogen and oxygen atoms in total. The zero-order valence-corrected chi connectivity index (χ0v) is 32.2. The minimum Gasteiger partial charge on any atom is -0.353 e. The molecule has 2 heterocycles. The molecule has 1 unspecified atom stereocenters. The molecule has 2 aromatic heterocycles. The van der Waals surface area contributed by atoms with Crippen LogP contribution in [0.5, 0.6) is 0 Å². The van der Waals surface area contributed by atoms with Crippen LogP contribution < -0.4 is 5.46 Å². The van der Waals surface area contributed by atoms with Gasteiger partial charge >= 0.3 is 0 Å². The van der Waals surface area contributed by atoms with Crippen molar-refractivity contribution < 1.29 is 0 Å². The first kappa shape index (κ1) is 33.9. The number of allylic oxidation sites excluding steroid dienone is 8. The first-order chi connectivity index (χ1) is 24.7. The van der Waals surface area contributed by atoms with Crippen LogP contribution in [-0.4, -0.2) is 12.3 Å². The van der Waals surface area contributed by atoms with E-state index in [0.29, 0.717) is 0 Å². The monoisotopic (exact) mass is 698 g/mol. The Kier molecular flexibility index (Phi) is 8.89. The topological polar surface area (TPSA) is 15.8 Å². The van der Waals surface area contributed by atoms with Crippen LogP contribution in [0, 0.1) is 12.8 Å². The van der Waals surface area contributed by atoms with E-state index in [4.69, 9.17) is 0 Å². The van der Waals surface area contributed by atoms with E-state index in [1.165, 1.54) is 91.6 Å². The van der Waals surface area contributed by atoms with E-state index in [1.807, 2.05) is 23.1 Å². The van der Waals surface area contributed by atoms with E-state index in [9.17, 15) is 0 Å². The van der Waals surface area contributed by atoms with Crippen LogP contribution in [0.25, 0.3) is 41.7 Å². The lowest BCUT2D eigenvalue weighted by Crippen LogP contribution is -2.29. The predicted molar refractivity (Wildman–Crippen MR) is 228 cm³/mol. The summed E-state index contributed by atoms with van der Waals surface area (Å²) < 4.78 is 2.67. The van der Waals surface area contributed by atoms with Crippen molar-refractivity contribution >= 4 is 77.5 Å². The van der Waals surface area contributed by atoms with Crippen molar-refractivity contribution in [3.63, 3.8) is 0 Å². The smallest absolute Gasteiger partial charge is 0.192 e. The van der Waals surface area contributed by atoms with Crippen LogP contribution in [0.3, 0.4) is 0 Å². The largest absolute Gasteiger partial charge is 0.353 e. The molecule has 0 aliphatic heterocycles. The second-order valence-electron chi connectivity index (χ2n) is 14.8. The van der Waals surface area contributed by atoms with Gasteiger partial charge in [0.25, 0.3) is 0 Å². The number of hydrogen-bond acceptors (Lipinski definition) is 2. The number of fused-ring (bicyclic) bond motifs is 6. The number of para-hydroxylation sites is 1. The van der Waals surface area contributed by atoms with Gasteiger partial charge in [-0.25, -0.2) is 0 Å². The number of nitrogens with one attached hydrogen (secondary N) is 1. The van der Waals surface area contributed by atoms with E-state index in [0.717, 1.165) is 24.2 Å². The molecule has 0 spiro atoms. The molecule has 2 aliphatic rings. The maximum Gasteiger partial charge on any atom is 0.192 e. The summed E-state index contributed by atoms with van der Waals surface area (Å²) >= 11 is 3.75. The molecular formula is C47H45BNS2. The highest BCUT2D eigenvalue weighted by Crippen LogP contribution is 2.52. The van der Waals surface area contributed by atoms with Gasteiger partial charge in [-0.1, -0.05) is 146 Å². The van der Waals surface area contributed by atoms with Gasteiger partial charge in [0.15, 0.2) is 7.28 Å². The number of thiophene rings is 1. The van der Waals surface area contributed by atoms with E-state index < -0.39 is 0 Å². The van der Waals surface area contributed by atoms with Crippen LogP contribution in [0.15, 0.2) is 131 Å². The Bertz CT molecular complexity index is 2490. The average molecular weight is 699 g/mol. The Balaban J connectivity index is 1.33. The minimum absolute atomic E-state index is 0.0558. The van der Waals surface area contributed by atoms with Crippen LogP contribution >= 0.6 is 23.1 Å². The predicted octanol–water partition coefficient (Wildman–Crippen LogP) is 13.0. The third-order valence-electron chi connectivity index (χ3n) is 11.5. The third-order valence-corrected chi connectivity index (χ3v) is 14.0. The zero-order valence-electron chi connectivity index (χ0n) is 30.6. The van der Waals surface area contributed by atoms with Gasteiger partial charge in [0.05, 0.1) is 15.7 Å². The van der Waals surface area contributed by atoms with Crippen LogP contribution in [0.4, 0.5) is 0 Å². The van der Waals surface area contributed by atoms with Crippen LogP contribution in [0.2, 0.25) is 0 Å². The summed E-state index contributed by atoms with van der Waals surface area (Å²) in [7, 11) is 2.48. The molecule has 8 rings (SSSR count). The lowest BCUT2D eigenvalue weighted by Gasteiger charge is -2.33. The minimum atomic E-state index is -0.0558. The Hall–Kier alpha value is -4.25. The number of benzene rings is 4. The molecule has 1 N–H and O–H groups in total. The maximum absolute atomic E-state index is 4.61. The molecule has 0 saturated heterocycles. The second-order valence-corrected chi connectivity index (χ2v) is 17.1. The lowest BCUT2D eigenvalue weighted by atomic mass is 9.55. The molecule has 0 fully saturated rings. The van der Waals surface area contributed by atoms with Gasteiger partial charge in [-0.3, -0.25) is 0 Å². The van der Waals surface area contributed by atoms with Gasteiger partial charge in [0.1, 0.15) is 0 Å². The maximum atomic E-state index is 4.61. The molecular weight excluding hydrogens is 653 g/mol. The summed E-state index contributed by atoms with van der Waals surface area (Å²) in [6.07, 6.45) is 10.0. The van der Waals surface area contributed by atoms with Gasteiger partial charge in [-0.2, -0.15) is 0 Å². The zero-order chi connectivity index (χ0) is 35.4. The molecule has 51 heavy (non-hydrogen) atoms. The summed E-state index contributed by atoms with van der Waals surface area (Å²) in [4.78, 5) is 6.55. The summed E-state index contributed by atoms with van der Waals surface area (Å²) in [6, 6.07) is 31.6. The van der Waals surface area contributed by atoms with E-state index in [1.54, 1.807) is 0 Å².